The first-order valence-corrected chi connectivity index (χ1v) is 10.3. The fourth-order valence-corrected chi connectivity index (χ4v) is 2.69. The minimum absolute atomic E-state index is 0.224. The molecule has 0 atom stereocenters. The third-order valence-electron chi connectivity index (χ3n) is 5.19. The van der Waals surface area contributed by atoms with Crippen LogP contribution in [0.2, 0.25) is 0 Å². The minimum atomic E-state index is -0.225. The van der Waals surface area contributed by atoms with E-state index in [1.807, 2.05) is 27.7 Å². The Labute approximate surface area is 176 Å². The molecular weight excluding hydrogens is 364 g/mol. The van der Waals surface area contributed by atoms with E-state index in [1.54, 1.807) is 13.8 Å². The van der Waals surface area contributed by atoms with Crippen molar-refractivity contribution >= 4 is 11.9 Å². The Morgan fingerprint density at radius 3 is 1.69 bits per heavy atom. The smallest absolute Gasteiger partial charge is 0.333 e. The highest BCUT2D eigenvalue weighted by molar-refractivity contribution is 5.88. The molecule has 0 aliphatic heterocycles. The number of aryl methyl sites for hydroxylation is 3. The van der Waals surface area contributed by atoms with Gasteiger partial charge in [0.2, 0.25) is 0 Å². The summed E-state index contributed by atoms with van der Waals surface area (Å²) in [6.07, 6.45) is 3.37. The number of esters is 2. The maximum absolute atomic E-state index is 11.8. The maximum Gasteiger partial charge on any atom is 0.333 e. The second-order valence-electron chi connectivity index (χ2n) is 7.99. The maximum atomic E-state index is 11.8. The van der Waals surface area contributed by atoms with Gasteiger partial charge in [-0.25, -0.2) is 9.59 Å². The highest BCUT2D eigenvalue weighted by Gasteiger charge is 2.08. The molecule has 0 aromatic heterocycles. The van der Waals surface area contributed by atoms with Crippen LogP contribution in [0.1, 0.15) is 71.1 Å². The summed E-state index contributed by atoms with van der Waals surface area (Å²) in [4.78, 5) is 23.6. The van der Waals surface area contributed by atoms with E-state index in [2.05, 4.69) is 25.1 Å². The fourth-order valence-electron chi connectivity index (χ4n) is 2.69. The number of hydrogen-bond donors (Lipinski definition) is 0. The van der Waals surface area contributed by atoms with Gasteiger partial charge in [-0.2, -0.15) is 0 Å². The molecule has 0 heterocycles. The van der Waals surface area contributed by atoms with Gasteiger partial charge in [0.15, 0.2) is 0 Å². The molecule has 0 saturated heterocycles. The molecule has 1 aromatic rings. The topological polar surface area (TPSA) is 52.6 Å². The van der Waals surface area contributed by atoms with Crippen LogP contribution in [0.25, 0.3) is 0 Å². The van der Waals surface area contributed by atoms with Gasteiger partial charge >= 0.3 is 11.9 Å². The van der Waals surface area contributed by atoms with E-state index in [0.29, 0.717) is 24.4 Å². The molecule has 1 rings (SSSR count). The molecule has 0 spiro atoms. The van der Waals surface area contributed by atoms with Crippen molar-refractivity contribution in [3.05, 3.63) is 57.2 Å². The summed E-state index contributed by atoms with van der Waals surface area (Å²) in [5, 5.41) is 0. The molecule has 0 N–H and O–H groups in total. The second kappa shape index (κ2) is 12.3. The summed E-state index contributed by atoms with van der Waals surface area (Å²) in [5.41, 5.74) is 7.11. The van der Waals surface area contributed by atoms with Gasteiger partial charge in [0.1, 0.15) is 0 Å². The number of hydrogen-bond acceptors (Lipinski definition) is 4. The number of ether oxygens (including phenoxy) is 2. The Morgan fingerprint density at radius 2 is 1.24 bits per heavy atom. The van der Waals surface area contributed by atoms with Crippen molar-refractivity contribution < 1.29 is 19.1 Å². The Bertz CT molecular complexity index is 776. The molecule has 0 amide bonds. The standard InChI is InChI=1S/C25H36O4/c1-17(2)20(6)24(26)28-14-8-10-22-12-13-23(19(5)16-22)11-9-15-29-25(27)21(7)18(3)4/h12-13,16H,8-11,14-15H2,1-7H3. The number of carbonyl (C=O) groups excluding carboxylic acids is 2. The van der Waals surface area contributed by atoms with E-state index < -0.39 is 0 Å². The van der Waals surface area contributed by atoms with Crippen molar-refractivity contribution in [3.8, 4) is 0 Å². The third-order valence-corrected chi connectivity index (χ3v) is 5.19. The molecule has 0 fully saturated rings. The molecule has 0 unspecified atom stereocenters. The van der Waals surface area contributed by atoms with Crippen molar-refractivity contribution in [2.24, 2.45) is 0 Å². The molecule has 0 bridgehead atoms. The lowest BCUT2D eigenvalue weighted by Crippen LogP contribution is -2.09. The van der Waals surface area contributed by atoms with Crippen LogP contribution in [0, 0.1) is 6.92 Å². The monoisotopic (exact) mass is 400 g/mol. The van der Waals surface area contributed by atoms with Crippen LogP contribution in [0.15, 0.2) is 40.5 Å². The summed E-state index contributed by atoms with van der Waals surface area (Å²) >= 11 is 0. The first kappa shape index (κ1) is 24.7. The van der Waals surface area contributed by atoms with Crippen LogP contribution in [0.5, 0.6) is 0 Å². The quantitative estimate of drug-likeness (QED) is 0.289. The van der Waals surface area contributed by atoms with E-state index in [0.717, 1.165) is 36.8 Å². The Balaban J connectivity index is 2.40. The van der Waals surface area contributed by atoms with Gasteiger partial charge in [-0.15, -0.1) is 0 Å². The van der Waals surface area contributed by atoms with Crippen molar-refractivity contribution in [2.45, 2.75) is 74.1 Å². The van der Waals surface area contributed by atoms with E-state index in [4.69, 9.17) is 9.47 Å². The number of carbonyl (C=O) groups is 2. The summed E-state index contributed by atoms with van der Waals surface area (Å²) in [7, 11) is 0. The molecule has 4 nitrogen and oxygen atoms in total. The zero-order valence-corrected chi connectivity index (χ0v) is 19.1. The Morgan fingerprint density at radius 1 is 0.759 bits per heavy atom. The van der Waals surface area contributed by atoms with E-state index in [1.165, 1.54) is 16.7 Å². The number of rotatable bonds is 10. The lowest BCUT2D eigenvalue weighted by Gasteiger charge is -2.10. The lowest BCUT2D eigenvalue weighted by molar-refractivity contribution is -0.140. The van der Waals surface area contributed by atoms with Crippen LogP contribution in [-0.4, -0.2) is 25.2 Å². The Hall–Kier alpha value is -2.36. The minimum Gasteiger partial charge on any atom is -0.462 e. The molecule has 0 aliphatic carbocycles. The average molecular weight is 401 g/mol. The third kappa shape index (κ3) is 8.68. The van der Waals surface area contributed by atoms with E-state index in [-0.39, 0.29) is 11.9 Å². The lowest BCUT2D eigenvalue weighted by atomic mass is 9.99. The normalized spacial score (nSPS) is 10.3. The van der Waals surface area contributed by atoms with Crippen LogP contribution < -0.4 is 0 Å². The van der Waals surface area contributed by atoms with E-state index in [9.17, 15) is 9.59 Å². The predicted molar refractivity (Wildman–Crippen MR) is 118 cm³/mol. The van der Waals surface area contributed by atoms with Gasteiger partial charge in [-0.1, -0.05) is 29.3 Å². The molecule has 1 aromatic carbocycles. The zero-order chi connectivity index (χ0) is 22.0. The Kier molecular flexibility index (Phi) is 10.4. The van der Waals surface area contributed by atoms with Gasteiger partial charge in [0, 0.05) is 11.1 Å². The predicted octanol–water partition coefficient (Wildman–Crippen LogP) is 5.66. The summed E-state index contributed by atoms with van der Waals surface area (Å²) in [6.45, 7) is 14.2. The molecule has 0 saturated carbocycles. The molecule has 29 heavy (non-hydrogen) atoms. The highest BCUT2D eigenvalue weighted by Crippen LogP contribution is 2.15. The molecule has 4 heteroatoms. The fraction of sp³-hybridized carbons (Fsp3) is 0.520. The summed E-state index contributed by atoms with van der Waals surface area (Å²) in [5.74, 6) is -0.449. The van der Waals surface area contributed by atoms with Crippen LogP contribution >= 0.6 is 0 Å². The van der Waals surface area contributed by atoms with Crippen molar-refractivity contribution in [1.82, 2.24) is 0 Å². The van der Waals surface area contributed by atoms with Gasteiger partial charge in [-0.3, -0.25) is 0 Å². The molecule has 160 valence electrons. The zero-order valence-electron chi connectivity index (χ0n) is 19.1. The average Bonchev–Trinajstić information content (AvgIpc) is 2.67. The SMILES string of the molecule is CC(C)=C(C)C(=O)OCCCc1ccc(CCCOC(=O)C(C)=C(C)C)c(C)c1. The summed E-state index contributed by atoms with van der Waals surface area (Å²) in [6, 6.07) is 6.47. The van der Waals surface area contributed by atoms with Crippen LogP contribution in [0.3, 0.4) is 0 Å². The summed E-state index contributed by atoms with van der Waals surface area (Å²) < 4.78 is 10.6. The number of benzene rings is 1. The van der Waals surface area contributed by atoms with Crippen LogP contribution in [0.4, 0.5) is 0 Å². The van der Waals surface area contributed by atoms with Crippen molar-refractivity contribution in [3.63, 3.8) is 0 Å². The first-order valence-electron chi connectivity index (χ1n) is 10.3. The molecule has 0 aliphatic rings. The highest BCUT2D eigenvalue weighted by atomic mass is 16.5. The largest absolute Gasteiger partial charge is 0.462 e. The molecular formula is C25H36O4. The van der Waals surface area contributed by atoms with Gasteiger partial charge in [0.25, 0.3) is 0 Å². The molecule has 0 radical (unpaired) electrons. The van der Waals surface area contributed by atoms with Crippen molar-refractivity contribution in [2.75, 3.05) is 13.2 Å². The first-order chi connectivity index (χ1) is 13.6. The second-order valence-corrected chi connectivity index (χ2v) is 7.99. The number of allylic oxidation sites excluding steroid dienone is 2. The van der Waals surface area contributed by atoms with E-state index >= 15 is 0 Å². The van der Waals surface area contributed by atoms with Gasteiger partial charge in [-0.05, 0) is 90.8 Å². The van der Waals surface area contributed by atoms with Gasteiger partial charge < -0.3 is 9.47 Å². The van der Waals surface area contributed by atoms with Gasteiger partial charge in [0.05, 0.1) is 13.2 Å². The van der Waals surface area contributed by atoms with Crippen LogP contribution in [-0.2, 0) is 31.9 Å². The van der Waals surface area contributed by atoms with Crippen molar-refractivity contribution in [1.29, 1.82) is 0 Å².